The topological polar surface area (TPSA) is 49.6 Å². The number of imidazole rings is 1. The second-order valence-electron chi connectivity index (χ2n) is 6.05. The summed E-state index contributed by atoms with van der Waals surface area (Å²) >= 11 is 0. The summed E-state index contributed by atoms with van der Waals surface area (Å²) in [5.41, 5.74) is 4.64. The third kappa shape index (κ3) is 2.83. The molecule has 0 amide bonds. The SMILES string of the molecule is Cc1cccn2c(NCc3ccccc3)c(-c3ccccc3O)nc12. The number of benzene rings is 2. The summed E-state index contributed by atoms with van der Waals surface area (Å²) in [7, 11) is 0. The third-order valence-electron chi connectivity index (χ3n) is 4.31. The van der Waals surface area contributed by atoms with E-state index in [0.717, 1.165) is 28.3 Å². The van der Waals surface area contributed by atoms with Gasteiger partial charge in [-0.3, -0.25) is 4.40 Å². The van der Waals surface area contributed by atoms with Gasteiger partial charge in [-0.25, -0.2) is 4.98 Å². The molecule has 0 saturated carbocycles. The number of rotatable bonds is 4. The lowest BCUT2D eigenvalue weighted by Gasteiger charge is -2.10. The van der Waals surface area contributed by atoms with Gasteiger partial charge < -0.3 is 10.4 Å². The van der Waals surface area contributed by atoms with E-state index < -0.39 is 0 Å². The number of nitrogens with zero attached hydrogens (tertiary/aromatic N) is 2. The summed E-state index contributed by atoms with van der Waals surface area (Å²) in [6.45, 7) is 2.72. The molecular weight excluding hydrogens is 310 g/mol. The van der Waals surface area contributed by atoms with Gasteiger partial charge >= 0.3 is 0 Å². The molecule has 0 spiro atoms. The molecule has 25 heavy (non-hydrogen) atoms. The third-order valence-corrected chi connectivity index (χ3v) is 4.31. The van der Waals surface area contributed by atoms with Gasteiger partial charge in [-0.05, 0) is 36.2 Å². The molecule has 0 saturated heterocycles. The van der Waals surface area contributed by atoms with Crippen molar-refractivity contribution in [2.75, 3.05) is 5.32 Å². The van der Waals surface area contributed by atoms with Crippen molar-refractivity contribution in [2.24, 2.45) is 0 Å². The van der Waals surface area contributed by atoms with Crippen LogP contribution in [0.1, 0.15) is 11.1 Å². The molecule has 124 valence electrons. The molecular formula is C21H19N3O. The monoisotopic (exact) mass is 329 g/mol. The van der Waals surface area contributed by atoms with E-state index in [4.69, 9.17) is 4.98 Å². The highest BCUT2D eigenvalue weighted by Crippen LogP contribution is 2.35. The number of phenols is 1. The summed E-state index contributed by atoms with van der Waals surface area (Å²) in [6.07, 6.45) is 1.99. The van der Waals surface area contributed by atoms with Gasteiger partial charge in [0.05, 0.1) is 0 Å². The Balaban J connectivity index is 1.84. The second kappa shape index (κ2) is 6.32. The van der Waals surface area contributed by atoms with Crippen molar-refractivity contribution in [3.63, 3.8) is 0 Å². The zero-order valence-electron chi connectivity index (χ0n) is 14.0. The molecule has 2 aromatic carbocycles. The minimum Gasteiger partial charge on any atom is -0.507 e. The Morgan fingerprint density at radius 2 is 1.72 bits per heavy atom. The molecule has 0 aliphatic heterocycles. The summed E-state index contributed by atoms with van der Waals surface area (Å²) in [5.74, 6) is 1.11. The fourth-order valence-electron chi connectivity index (χ4n) is 3.02. The number of nitrogens with one attached hydrogen (secondary N) is 1. The van der Waals surface area contributed by atoms with E-state index in [2.05, 4.69) is 17.4 Å². The summed E-state index contributed by atoms with van der Waals surface area (Å²) < 4.78 is 2.04. The van der Waals surface area contributed by atoms with E-state index in [0.29, 0.717) is 6.54 Å². The number of phenolic OH excluding ortho intramolecular Hbond substituents is 1. The summed E-state index contributed by atoms with van der Waals surface area (Å²) in [5, 5.41) is 13.8. The van der Waals surface area contributed by atoms with Gasteiger partial charge in [0.15, 0.2) is 0 Å². The average molecular weight is 329 g/mol. The van der Waals surface area contributed by atoms with Crippen LogP contribution in [0.4, 0.5) is 5.82 Å². The van der Waals surface area contributed by atoms with Crippen LogP contribution in [0.2, 0.25) is 0 Å². The second-order valence-corrected chi connectivity index (χ2v) is 6.05. The summed E-state index contributed by atoms with van der Waals surface area (Å²) in [6, 6.07) is 21.6. The van der Waals surface area contributed by atoms with Crippen LogP contribution in [0.3, 0.4) is 0 Å². The van der Waals surface area contributed by atoms with E-state index in [9.17, 15) is 5.11 Å². The molecule has 2 N–H and O–H groups in total. The first-order valence-electron chi connectivity index (χ1n) is 8.28. The lowest BCUT2D eigenvalue weighted by Crippen LogP contribution is -2.03. The molecule has 0 unspecified atom stereocenters. The molecule has 0 aliphatic carbocycles. The van der Waals surface area contributed by atoms with Crippen molar-refractivity contribution >= 4 is 11.5 Å². The molecule has 0 fully saturated rings. The molecule has 4 nitrogen and oxygen atoms in total. The molecule has 0 radical (unpaired) electrons. The highest BCUT2D eigenvalue weighted by Gasteiger charge is 2.17. The van der Waals surface area contributed by atoms with Crippen LogP contribution < -0.4 is 5.32 Å². The van der Waals surface area contributed by atoms with E-state index in [1.54, 1.807) is 6.07 Å². The Hall–Kier alpha value is -3.27. The van der Waals surface area contributed by atoms with E-state index in [-0.39, 0.29) is 5.75 Å². The smallest absolute Gasteiger partial charge is 0.142 e. The standard InChI is InChI=1S/C21H19N3O/c1-15-8-7-13-24-20(15)23-19(17-11-5-6-12-18(17)25)21(24)22-14-16-9-3-2-4-10-16/h2-13,22,25H,14H2,1H3. The van der Waals surface area contributed by atoms with Gasteiger partial charge in [-0.15, -0.1) is 0 Å². The first kappa shape index (κ1) is 15.3. The number of hydrogen-bond acceptors (Lipinski definition) is 3. The van der Waals surface area contributed by atoms with Crippen LogP contribution >= 0.6 is 0 Å². The van der Waals surface area contributed by atoms with Crippen LogP contribution in [0.5, 0.6) is 5.75 Å². The van der Waals surface area contributed by atoms with Gasteiger partial charge in [0, 0.05) is 18.3 Å². The van der Waals surface area contributed by atoms with Crippen LogP contribution in [0, 0.1) is 6.92 Å². The van der Waals surface area contributed by atoms with E-state index >= 15 is 0 Å². The predicted octanol–water partition coefficient (Wildman–Crippen LogP) is 4.63. The first-order chi connectivity index (χ1) is 12.2. The van der Waals surface area contributed by atoms with Gasteiger partial charge in [-0.2, -0.15) is 0 Å². The lowest BCUT2D eigenvalue weighted by molar-refractivity contribution is 0.477. The Labute approximate surface area is 146 Å². The maximum atomic E-state index is 10.3. The Bertz CT molecular complexity index is 1020. The number of pyridine rings is 1. The molecule has 4 heteroatoms. The van der Waals surface area contributed by atoms with Crippen molar-refractivity contribution in [2.45, 2.75) is 13.5 Å². The molecule has 0 bridgehead atoms. The van der Waals surface area contributed by atoms with Crippen LogP contribution in [0.15, 0.2) is 72.9 Å². The normalized spacial score (nSPS) is 10.9. The minimum atomic E-state index is 0.228. The van der Waals surface area contributed by atoms with Crippen LogP contribution in [-0.2, 0) is 6.54 Å². The van der Waals surface area contributed by atoms with Gasteiger partial charge in [0.2, 0.25) is 0 Å². The number of aryl methyl sites for hydroxylation is 1. The highest BCUT2D eigenvalue weighted by atomic mass is 16.3. The predicted molar refractivity (Wildman–Crippen MR) is 101 cm³/mol. The fraction of sp³-hybridized carbons (Fsp3) is 0.0952. The molecule has 0 atom stereocenters. The fourth-order valence-corrected chi connectivity index (χ4v) is 3.02. The Morgan fingerprint density at radius 1 is 0.960 bits per heavy atom. The molecule has 2 aromatic heterocycles. The first-order valence-corrected chi connectivity index (χ1v) is 8.28. The van der Waals surface area contributed by atoms with Crippen molar-refractivity contribution in [1.82, 2.24) is 9.38 Å². The number of fused-ring (bicyclic) bond motifs is 1. The maximum absolute atomic E-state index is 10.3. The van der Waals surface area contributed by atoms with Gasteiger partial charge in [0.25, 0.3) is 0 Å². The maximum Gasteiger partial charge on any atom is 0.142 e. The molecule has 4 rings (SSSR count). The zero-order chi connectivity index (χ0) is 17.2. The minimum absolute atomic E-state index is 0.228. The Morgan fingerprint density at radius 3 is 2.52 bits per heavy atom. The zero-order valence-corrected chi connectivity index (χ0v) is 14.0. The van der Waals surface area contributed by atoms with Crippen molar-refractivity contribution in [3.8, 4) is 17.0 Å². The lowest BCUT2D eigenvalue weighted by atomic mass is 10.1. The van der Waals surface area contributed by atoms with Crippen molar-refractivity contribution in [1.29, 1.82) is 0 Å². The number of hydrogen-bond donors (Lipinski definition) is 2. The van der Waals surface area contributed by atoms with Crippen molar-refractivity contribution in [3.05, 3.63) is 84.1 Å². The van der Waals surface area contributed by atoms with Crippen LogP contribution in [0.25, 0.3) is 16.9 Å². The largest absolute Gasteiger partial charge is 0.507 e. The summed E-state index contributed by atoms with van der Waals surface area (Å²) in [4.78, 5) is 4.80. The van der Waals surface area contributed by atoms with Gasteiger partial charge in [0.1, 0.15) is 22.9 Å². The quantitative estimate of drug-likeness (QED) is 0.574. The number of aromatic nitrogens is 2. The van der Waals surface area contributed by atoms with Crippen LogP contribution in [-0.4, -0.2) is 14.5 Å². The van der Waals surface area contributed by atoms with E-state index in [1.807, 2.05) is 66.1 Å². The highest BCUT2D eigenvalue weighted by molar-refractivity contribution is 5.80. The van der Waals surface area contributed by atoms with Gasteiger partial charge in [-0.1, -0.05) is 48.5 Å². The molecule has 4 aromatic rings. The Kier molecular flexibility index (Phi) is 3.86. The number of aromatic hydroxyl groups is 1. The molecule has 0 aliphatic rings. The van der Waals surface area contributed by atoms with Crippen molar-refractivity contribution < 1.29 is 5.11 Å². The molecule has 2 heterocycles. The number of para-hydroxylation sites is 1. The number of anilines is 1. The average Bonchev–Trinajstić information content (AvgIpc) is 3.01. The van der Waals surface area contributed by atoms with E-state index in [1.165, 1.54) is 5.56 Å².